The molecule has 0 saturated carbocycles. The van der Waals surface area contributed by atoms with Crippen molar-refractivity contribution in [1.29, 1.82) is 0 Å². The van der Waals surface area contributed by atoms with Crippen LogP contribution in [0.1, 0.15) is 33.8 Å². The SMILES string of the molecule is Cc1cc2[nH]c(C(=O)Nc3ccccc3Cl)c(CN3CCCC3)c2s1. The van der Waals surface area contributed by atoms with E-state index in [2.05, 4.69) is 28.2 Å². The third kappa shape index (κ3) is 3.32. The van der Waals surface area contributed by atoms with Crippen LogP contribution in [0, 0.1) is 6.92 Å². The molecule has 0 spiro atoms. The fourth-order valence-corrected chi connectivity index (χ4v) is 4.60. The van der Waals surface area contributed by atoms with Gasteiger partial charge in [-0.05, 0) is 51.1 Å². The fraction of sp³-hybridized carbons (Fsp3) is 0.316. The Morgan fingerprint density at radius 3 is 2.84 bits per heavy atom. The first kappa shape index (κ1) is 16.6. The van der Waals surface area contributed by atoms with Crippen molar-refractivity contribution in [1.82, 2.24) is 9.88 Å². The number of carbonyl (C=O) groups is 1. The third-order valence-corrected chi connectivity index (χ3v) is 6.06. The zero-order valence-corrected chi connectivity index (χ0v) is 15.6. The number of nitrogens with zero attached hydrogens (tertiary/aromatic N) is 1. The summed E-state index contributed by atoms with van der Waals surface area (Å²) in [7, 11) is 0. The summed E-state index contributed by atoms with van der Waals surface area (Å²) in [6.45, 7) is 5.11. The van der Waals surface area contributed by atoms with E-state index in [1.807, 2.05) is 18.2 Å². The van der Waals surface area contributed by atoms with Crippen molar-refractivity contribution in [2.75, 3.05) is 18.4 Å². The molecule has 3 aromatic rings. The lowest BCUT2D eigenvalue weighted by molar-refractivity contribution is 0.102. The van der Waals surface area contributed by atoms with Gasteiger partial charge in [-0.25, -0.2) is 0 Å². The lowest BCUT2D eigenvalue weighted by Crippen LogP contribution is -2.21. The summed E-state index contributed by atoms with van der Waals surface area (Å²) in [5.74, 6) is -0.136. The number of aromatic nitrogens is 1. The van der Waals surface area contributed by atoms with Crippen molar-refractivity contribution in [2.45, 2.75) is 26.3 Å². The quantitative estimate of drug-likeness (QED) is 0.673. The van der Waals surface area contributed by atoms with E-state index in [1.165, 1.54) is 22.4 Å². The third-order valence-electron chi connectivity index (χ3n) is 4.62. The Balaban J connectivity index is 1.68. The van der Waals surface area contributed by atoms with Gasteiger partial charge in [-0.1, -0.05) is 23.7 Å². The molecule has 3 heterocycles. The molecule has 2 N–H and O–H groups in total. The van der Waals surface area contributed by atoms with E-state index in [0.717, 1.165) is 30.7 Å². The van der Waals surface area contributed by atoms with Crippen LogP contribution >= 0.6 is 22.9 Å². The summed E-state index contributed by atoms with van der Waals surface area (Å²) in [6, 6.07) is 9.42. The maximum Gasteiger partial charge on any atom is 0.272 e. The Labute approximate surface area is 155 Å². The molecule has 4 rings (SSSR count). The maximum atomic E-state index is 12.9. The molecule has 1 fully saturated rings. The van der Waals surface area contributed by atoms with Gasteiger partial charge >= 0.3 is 0 Å². The van der Waals surface area contributed by atoms with Gasteiger partial charge in [-0.15, -0.1) is 11.3 Å². The Morgan fingerprint density at radius 1 is 1.32 bits per heavy atom. The van der Waals surface area contributed by atoms with E-state index in [4.69, 9.17) is 11.6 Å². The smallest absolute Gasteiger partial charge is 0.272 e. The van der Waals surface area contributed by atoms with Crippen molar-refractivity contribution in [2.24, 2.45) is 0 Å². The molecule has 0 radical (unpaired) electrons. The first-order valence-corrected chi connectivity index (χ1v) is 9.70. The molecule has 1 saturated heterocycles. The summed E-state index contributed by atoms with van der Waals surface area (Å²) in [5, 5.41) is 3.48. The van der Waals surface area contributed by atoms with Crippen molar-refractivity contribution in [3.8, 4) is 0 Å². The molecule has 1 aromatic carbocycles. The molecule has 0 unspecified atom stereocenters. The molecular weight excluding hydrogens is 354 g/mol. The summed E-state index contributed by atoms with van der Waals surface area (Å²) in [4.78, 5) is 19.9. The van der Waals surface area contributed by atoms with Gasteiger partial charge in [-0.3, -0.25) is 9.69 Å². The summed E-state index contributed by atoms with van der Waals surface area (Å²) >= 11 is 7.93. The van der Waals surface area contributed by atoms with E-state index < -0.39 is 0 Å². The number of carbonyl (C=O) groups excluding carboxylic acids is 1. The number of rotatable bonds is 4. The largest absolute Gasteiger partial charge is 0.350 e. The molecular formula is C19H20ClN3OS. The number of aromatic amines is 1. The van der Waals surface area contributed by atoms with Gasteiger partial charge < -0.3 is 10.3 Å². The Kier molecular flexibility index (Phi) is 4.54. The predicted molar refractivity (Wildman–Crippen MR) is 105 cm³/mol. The first-order chi connectivity index (χ1) is 12.1. The highest BCUT2D eigenvalue weighted by Gasteiger charge is 2.23. The molecule has 130 valence electrons. The lowest BCUT2D eigenvalue weighted by atomic mass is 10.2. The minimum atomic E-state index is -0.136. The summed E-state index contributed by atoms with van der Waals surface area (Å²) in [5.41, 5.74) is 3.42. The number of halogens is 1. The molecule has 1 aliphatic heterocycles. The second-order valence-electron chi connectivity index (χ2n) is 6.50. The Hall–Kier alpha value is -1.82. The number of H-pyrrole nitrogens is 1. The average Bonchev–Trinajstić information content (AvgIpc) is 3.28. The van der Waals surface area contributed by atoms with E-state index in [9.17, 15) is 4.79 Å². The number of likely N-dealkylation sites (tertiary alicyclic amines) is 1. The Morgan fingerprint density at radius 2 is 2.08 bits per heavy atom. The number of aryl methyl sites for hydroxylation is 1. The molecule has 1 aliphatic rings. The molecule has 6 heteroatoms. The van der Waals surface area contributed by atoms with Crippen LogP contribution in [0.3, 0.4) is 0 Å². The normalized spacial score (nSPS) is 15.1. The van der Waals surface area contributed by atoms with E-state index >= 15 is 0 Å². The van der Waals surface area contributed by atoms with Crippen LogP contribution in [0.25, 0.3) is 10.2 Å². The maximum absolute atomic E-state index is 12.9. The van der Waals surface area contributed by atoms with Gasteiger partial charge in [0, 0.05) is 17.0 Å². The van der Waals surface area contributed by atoms with Crippen LogP contribution < -0.4 is 5.32 Å². The second kappa shape index (κ2) is 6.83. The molecule has 0 atom stereocenters. The van der Waals surface area contributed by atoms with Gasteiger partial charge in [0.05, 0.1) is 20.9 Å². The molecule has 4 nitrogen and oxygen atoms in total. The van der Waals surface area contributed by atoms with E-state index in [0.29, 0.717) is 16.4 Å². The number of thiophene rings is 1. The van der Waals surface area contributed by atoms with Crippen molar-refractivity contribution in [3.05, 3.63) is 51.5 Å². The Bertz CT molecular complexity index is 924. The zero-order chi connectivity index (χ0) is 17.4. The highest BCUT2D eigenvalue weighted by Crippen LogP contribution is 2.33. The highest BCUT2D eigenvalue weighted by molar-refractivity contribution is 7.19. The first-order valence-electron chi connectivity index (χ1n) is 8.51. The standard InChI is InChI=1S/C19H20ClN3OS/c1-12-10-16-18(25-12)13(11-23-8-4-5-9-23)17(21-16)19(24)22-15-7-3-2-6-14(15)20/h2-3,6-7,10,21H,4-5,8-9,11H2,1H3,(H,22,24). The molecule has 1 amide bonds. The van der Waals surface area contributed by atoms with Crippen molar-refractivity contribution < 1.29 is 4.79 Å². The van der Waals surface area contributed by atoms with Gasteiger partial charge in [0.1, 0.15) is 5.69 Å². The number of amides is 1. The fourth-order valence-electron chi connectivity index (χ4n) is 3.41. The van der Waals surface area contributed by atoms with Gasteiger partial charge in [0.25, 0.3) is 5.91 Å². The van der Waals surface area contributed by atoms with Crippen molar-refractivity contribution >= 4 is 44.7 Å². The van der Waals surface area contributed by atoms with Crippen LogP contribution in [0.15, 0.2) is 30.3 Å². The number of para-hydroxylation sites is 1. The molecule has 0 aliphatic carbocycles. The van der Waals surface area contributed by atoms with Gasteiger partial charge in [0.15, 0.2) is 0 Å². The van der Waals surface area contributed by atoms with Gasteiger partial charge in [-0.2, -0.15) is 0 Å². The van der Waals surface area contributed by atoms with Crippen molar-refractivity contribution in [3.63, 3.8) is 0 Å². The van der Waals surface area contributed by atoms with E-state index in [-0.39, 0.29) is 5.91 Å². The van der Waals surface area contributed by atoms with E-state index in [1.54, 1.807) is 17.4 Å². The lowest BCUT2D eigenvalue weighted by Gasteiger charge is -2.15. The summed E-state index contributed by atoms with van der Waals surface area (Å²) < 4.78 is 1.19. The number of anilines is 1. The predicted octanol–water partition coefficient (Wildman–Crippen LogP) is 5.04. The monoisotopic (exact) mass is 373 g/mol. The summed E-state index contributed by atoms with van der Waals surface area (Å²) in [6.07, 6.45) is 2.47. The molecule has 0 bridgehead atoms. The second-order valence-corrected chi connectivity index (χ2v) is 8.16. The number of benzene rings is 1. The minimum absolute atomic E-state index is 0.136. The topological polar surface area (TPSA) is 48.1 Å². The molecule has 25 heavy (non-hydrogen) atoms. The zero-order valence-electron chi connectivity index (χ0n) is 14.1. The number of hydrogen-bond acceptors (Lipinski definition) is 3. The highest BCUT2D eigenvalue weighted by atomic mass is 35.5. The van der Waals surface area contributed by atoms with Crippen LogP contribution in [0.2, 0.25) is 5.02 Å². The van der Waals surface area contributed by atoms with Gasteiger partial charge in [0.2, 0.25) is 0 Å². The van der Waals surface area contributed by atoms with Crippen LogP contribution in [-0.2, 0) is 6.54 Å². The minimum Gasteiger partial charge on any atom is -0.350 e. The van der Waals surface area contributed by atoms with Crippen LogP contribution in [0.5, 0.6) is 0 Å². The van der Waals surface area contributed by atoms with Crippen LogP contribution in [-0.4, -0.2) is 28.9 Å². The molecule has 2 aromatic heterocycles. The number of fused-ring (bicyclic) bond motifs is 1. The number of hydrogen-bond donors (Lipinski definition) is 2. The van der Waals surface area contributed by atoms with Crippen LogP contribution in [0.4, 0.5) is 5.69 Å². The number of nitrogens with one attached hydrogen (secondary N) is 2. The average molecular weight is 374 g/mol.